The van der Waals surface area contributed by atoms with Gasteiger partial charge in [0, 0.05) is 0 Å². The Labute approximate surface area is 118 Å². The van der Waals surface area contributed by atoms with Crippen LogP contribution in [0.4, 0.5) is 5.69 Å². The zero-order chi connectivity index (χ0) is 14.5. The van der Waals surface area contributed by atoms with Gasteiger partial charge >= 0.3 is 0 Å². The van der Waals surface area contributed by atoms with E-state index in [-0.39, 0.29) is 17.2 Å². The number of aryl methyl sites for hydroxylation is 1. The molecule has 2 aromatic rings. The molecule has 0 saturated carbocycles. The van der Waals surface area contributed by atoms with E-state index in [9.17, 15) is 9.90 Å². The lowest BCUT2D eigenvalue weighted by Crippen LogP contribution is -2.13. The molecule has 0 aliphatic rings. The molecule has 0 spiro atoms. The summed E-state index contributed by atoms with van der Waals surface area (Å²) in [6.07, 6.45) is 0. The van der Waals surface area contributed by atoms with Gasteiger partial charge in [0.1, 0.15) is 11.5 Å². The summed E-state index contributed by atoms with van der Waals surface area (Å²) in [5.41, 5.74) is 1.74. The molecule has 0 atom stereocenters. The number of carbonyl (C=O) groups excluding carboxylic acids is 1. The summed E-state index contributed by atoms with van der Waals surface area (Å²) in [4.78, 5) is 12.2. The molecule has 0 aliphatic heterocycles. The maximum absolute atomic E-state index is 12.2. The summed E-state index contributed by atoms with van der Waals surface area (Å²) < 4.78 is 5.45. The summed E-state index contributed by atoms with van der Waals surface area (Å²) in [6, 6.07) is 12.1. The molecule has 2 rings (SSSR count). The molecule has 0 bridgehead atoms. The summed E-state index contributed by atoms with van der Waals surface area (Å²) in [5.74, 6) is 0.204. The van der Waals surface area contributed by atoms with E-state index >= 15 is 0 Å². The molecule has 20 heavy (non-hydrogen) atoms. The molecule has 2 aromatic carbocycles. The highest BCUT2D eigenvalue weighted by Crippen LogP contribution is 2.26. The van der Waals surface area contributed by atoms with Crippen LogP contribution in [-0.4, -0.2) is 17.6 Å². The lowest BCUT2D eigenvalue weighted by Gasteiger charge is -2.12. The first-order valence-corrected chi connectivity index (χ1v) is 6.44. The number of hydrogen-bond acceptors (Lipinski definition) is 3. The number of hydrogen-bond donors (Lipinski definition) is 2. The molecule has 0 aromatic heterocycles. The van der Waals surface area contributed by atoms with E-state index in [1.165, 1.54) is 6.07 Å². The smallest absolute Gasteiger partial charge is 0.259 e. The largest absolute Gasteiger partial charge is 0.507 e. The third-order valence-corrected chi connectivity index (χ3v) is 2.83. The van der Waals surface area contributed by atoms with Gasteiger partial charge in [-0.25, -0.2) is 0 Å². The van der Waals surface area contributed by atoms with E-state index in [4.69, 9.17) is 4.74 Å². The van der Waals surface area contributed by atoms with Gasteiger partial charge in [-0.15, -0.1) is 0 Å². The first-order chi connectivity index (χ1) is 9.61. The number of rotatable bonds is 4. The molecule has 0 aliphatic carbocycles. The molecule has 0 saturated heterocycles. The van der Waals surface area contributed by atoms with Crippen LogP contribution in [0, 0.1) is 6.92 Å². The third kappa shape index (κ3) is 3.09. The Bertz CT molecular complexity index is 623. The lowest BCUT2D eigenvalue weighted by atomic mass is 10.1. The Morgan fingerprint density at radius 1 is 1.25 bits per heavy atom. The van der Waals surface area contributed by atoms with Crippen molar-refractivity contribution < 1.29 is 14.6 Å². The van der Waals surface area contributed by atoms with Crippen LogP contribution in [0.25, 0.3) is 0 Å². The highest BCUT2D eigenvalue weighted by molar-refractivity contribution is 6.06. The average molecular weight is 271 g/mol. The van der Waals surface area contributed by atoms with Crippen LogP contribution in [-0.2, 0) is 0 Å². The number of benzene rings is 2. The molecule has 2 N–H and O–H groups in total. The molecular formula is C16H17NO3. The topological polar surface area (TPSA) is 58.6 Å². The molecule has 4 heteroatoms. The molecule has 1 amide bonds. The molecule has 0 heterocycles. The second-order valence-electron chi connectivity index (χ2n) is 4.40. The Balaban J connectivity index is 2.26. The zero-order valence-electron chi connectivity index (χ0n) is 11.5. The van der Waals surface area contributed by atoms with Crippen molar-refractivity contribution in [2.45, 2.75) is 13.8 Å². The molecule has 4 nitrogen and oxygen atoms in total. The number of amides is 1. The first kappa shape index (κ1) is 13.9. The number of ether oxygens (including phenoxy) is 1. The van der Waals surface area contributed by atoms with Gasteiger partial charge in [0.05, 0.1) is 17.9 Å². The predicted molar refractivity (Wildman–Crippen MR) is 78.4 cm³/mol. The molecular weight excluding hydrogens is 254 g/mol. The van der Waals surface area contributed by atoms with Crippen LogP contribution in [0.3, 0.4) is 0 Å². The van der Waals surface area contributed by atoms with Gasteiger partial charge in [-0.2, -0.15) is 0 Å². The van der Waals surface area contributed by atoms with Gasteiger partial charge < -0.3 is 15.2 Å². The summed E-state index contributed by atoms with van der Waals surface area (Å²) >= 11 is 0. The van der Waals surface area contributed by atoms with E-state index in [1.807, 2.05) is 26.0 Å². The third-order valence-electron chi connectivity index (χ3n) is 2.83. The van der Waals surface area contributed by atoms with Crippen molar-refractivity contribution in [2.75, 3.05) is 11.9 Å². The summed E-state index contributed by atoms with van der Waals surface area (Å²) in [7, 11) is 0. The lowest BCUT2D eigenvalue weighted by molar-refractivity contribution is 0.102. The minimum Gasteiger partial charge on any atom is -0.507 e. The van der Waals surface area contributed by atoms with Crippen LogP contribution in [0.1, 0.15) is 22.8 Å². The average Bonchev–Trinajstić information content (AvgIpc) is 2.44. The second kappa shape index (κ2) is 6.10. The Morgan fingerprint density at radius 3 is 2.75 bits per heavy atom. The highest BCUT2D eigenvalue weighted by atomic mass is 16.5. The van der Waals surface area contributed by atoms with Crippen molar-refractivity contribution in [3.8, 4) is 11.5 Å². The van der Waals surface area contributed by atoms with Gasteiger partial charge in [-0.05, 0) is 38.1 Å². The molecule has 0 unspecified atom stereocenters. The van der Waals surface area contributed by atoms with E-state index in [1.54, 1.807) is 24.3 Å². The number of anilines is 1. The van der Waals surface area contributed by atoms with Gasteiger partial charge in [-0.3, -0.25) is 4.79 Å². The quantitative estimate of drug-likeness (QED) is 0.896. The number of aromatic hydroxyl groups is 1. The standard InChI is InChI=1S/C16H17NO3/c1-3-20-15-7-5-4-6-13(15)17-16(19)12-10-11(2)8-9-14(12)18/h4-10,18H,3H2,1-2H3,(H,17,19). The number of para-hydroxylation sites is 2. The van der Waals surface area contributed by atoms with E-state index in [0.29, 0.717) is 18.0 Å². The second-order valence-corrected chi connectivity index (χ2v) is 4.40. The summed E-state index contributed by atoms with van der Waals surface area (Å²) in [6.45, 7) is 4.26. The van der Waals surface area contributed by atoms with Crippen molar-refractivity contribution in [1.29, 1.82) is 0 Å². The van der Waals surface area contributed by atoms with Crippen molar-refractivity contribution in [1.82, 2.24) is 0 Å². The Kier molecular flexibility index (Phi) is 4.25. The van der Waals surface area contributed by atoms with Crippen molar-refractivity contribution in [3.63, 3.8) is 0 Å². The number of phenolic OH excluding ortho intramolecular Hbond substituents is 1. The minimum atomic E-state index is -0.363. The SMILES string of the molecule is CCOc1ccccc1NC(=O)c1cc(C)ccc1O. The van der Waals surface area contributed by atoms with Gasteiger partial charge in [0.25, 0.3) is 5.91 Å². The van der Waals surface area contributed by atoms with Crippen molar-refractivity contribution >= 4 is 11.6 Å². The Morgan fingerprint density at radius 2 is 2.00 bits per heavy atom. The number of carbonyl (C=O) groups is 1. The minimum absolute atomic E-state index is 0.0398. The highest BCUT2D eigenvalue weighted by Gasteiger charge is 2.13. The van der Waals surface area contributed by atoms with Gasteiger partial charge in [0.15, 0.2) is 0 Å². The normalized spacial score (nSPS) is 10.1. The maximum atomic E-state index is 12.2. The van der Waals surface area contributed by atoms with Crippen LogP contribution >= 0.6 is 0 Å². The monoisotopic (exact) mass is 271 g/mol. The number of nitrogens with one attached hydrogen (secondary N) is 1. The van der Waals surface area contributed by atoms with Crippen LogP contribution < -0.4 is 10.1 Å². The van der Waals surface area contributed by atoms with Gasteiger partial charge in [0.2, 0.25) is 0 Å². The first-order valence-electron chi connectivity index (χ1n) is 6.44. The van der Waals surface area contributed by atoms with Crippen LogP contribution in [0.15, 0.2) is 42.5 Å². The maximum Gasteiger partial charge on any atom is 0.259 e. The fourth-order valence-corrected chi connectivity index (χ4v) is 1.87. The zero-order valence-corrected chi connectivity index (χ0v) is 11.5. The molecule has 104 valence electrons. The van der Waals surface area contributed by atoms with E-state index in [2.05, 4.69) is 5.32 Å². The molecule has 0 radical (unpaired) electrons. The van der Waals surface area contributed by atoms with E-state index < -0.39 is 0 Å². The predicted octanol–water partition coefficient (Wildman–Crippen LogP) is 3.35. The number of phenols is 1. The fraction of sp³-hybridized carbons (Fsp3) is 0.188. The fourth-order valence-electron chi connectivity index (χ4n) is 1.87. The Hall–Kier alpha value is -2.49. The van der Waals surface area contributed by atoms with Crippen LogP contribution in [0.5, 0.6) is 11.5 Å². The van der Waals surface area contributed by atoms with Crippen molar-refractivity contribution in [2.24, 2.45) is 0 Å². The van der Waals surface area contributed by atoms with Crippen molar-refractivity contribution in [3.05, 3.63) is 53.6 Å². The molecule has 0 fully saturated rings. The van der Waals surface area contributed by atoms with Crippen LogP contribution in [0.2, 0.25) is 0 Å². The van der Waals surface area contributed by atoms with Gasteiger partial charge in [-0.1, -0.05) is 23.8 Å². The summed E-state index contributed by atoms with van der Waals surface area (Å²) in [5, 5.41) is 12.5. The van der Waals surface area contributed by atoms with E-state index in [0.717, 1.165) is 5.56 Å².